The highest BCUT2D eigenvalue weighted by Crippen LogP contribution is 2.27. The summed E-state index contributed by atoms with van der Waals surface area (Å²) in [6.45, 7) is 1.97. The van der Waals surface area contributed by atoms with Crippen molar-refractivity contribution in [2.24, 2.45) is 7.05 Å². The lowest BCUT2D eigenvalue weighted by atomic mass is 10.1. The minimum absolute atomic E-state index is 0.624. The summed E-state index contributed by atoms with van der Waals surface area (Å²) in [5, 5.41) is 11.2. The monoisotopic (exact) mass is 408 g/mol. The van der Waals surface area contributed by atoms with Crippen LogP contribution in [0.1, 0.15) is 16.1 Å². The molecule has 0 radical (unpaired) electrons. The van der Waals surface area contributed by atoms with E-state index in [2.05, 4.69) is 20.5 Å². The molecule has 0 spiro atoms. The zero-order chi connectivity index (χ0) is 21.4. The van der Waals surface area contributed by atoms with E-state index in [1.807, 2.05) is 79.5 Å². The van der Waals surface area contributed by atoms with Crippen LogP contribution in [0, 0.1) is 6.92 Å². The lowest BCUT2D eigenvalue weighted by Crippen LogP contribution is -2.00. The van der Waals surface area contributed by atoms with E-state index in [1.54, 1.807) is 6.20 Å². The zero-order valence-corrected chi connectivity index (χ0v) is 17.1. The summed E-state index contributed by atoms with van der Waals surface area (Å²) in [7, 11) is 1.88. The van der Waals surface area contributed by atoms with Crippen molar-refractivity contribution in [3.8, 4) is 22.5 Å². The molecule has 0 saturated heterocycles. The van der Waals surface area contributed by atoms with Crippen LogP contribution in [0.5, 0.6) is 0 Å². The molecule has 3 aromatic heterocycles. The molecule has 0 amide bonds. The molecule has 0 fully saturated rings. The number of carbonyl (C=O) groups excluding carboxylic acids is 1. The molecule has 152 valence electrons. The Morgan fingerprint density at radius 1 is 1.00 bits per heavy atom. The Balaban J connectivity index is 1.46. The van der Waals surface area contributed by atoms with Crippen molar-refractivity contribution in [1.29, 1.82) is 0 Å². The van der Waals surface area contributed by atoms with Gasteiger partial charge in [-0.25, -0.2) is 9.97 Å². The van der Waals surface area contributed by atoms with Crippen molar-refractivity contribution in [2.75, 3.05) is 5.32 Å². The van der Waals surface area contributed by atoms with Crippen LogP contribution < -0.4 is 5.32 Å². The van der Waals surface area contributed by atoms with Crippen LogP contribution in [0.4, 0.5) is 11.5 Å². The van der Waals surface area contributed by atoms with Gasteiger partial charge >= 0.3 is 0 Å². The first kappa shape index (κ1) is 18.7. The van der Waals surface area contributed by atoms with Crippen molar-refractivity contribution in [3.05, 3.63) is 78.4 Å². The van der Waals surface area contributed by atoms with Gasteiger partial charge in [0.2, 0.25) is 0 Å². The van der Waals surface area contributed by atoms with Gasteiger partial charge in [0.1, 0.15) is 5.82 Å². The van der Waals surface area contributed by atoms with E-state index in [1.165, 1.54) is 0 Å². The van der Waals surface area contributed by atoms with Gasteiger partial charge in [0, 0.05) is 52.7 Å². The summed E-state index contributed by atoms with van der Waals surface area (Å²) in [6, 6.07) is 16.0. The smallest absolute Gasteiger partial charge is 0.166 e. The standard InChI is InChI=1S/C24H20N6O/c1-15-11-25-24(18-4-3-17-9-21(14-31)30(2)22(17)10-18)29-23(15)28-20-7-5-16(6-8-20)19-12-26-27-13-19/h3-14H,1-2H3,(H,26,27)(H,25,28,29). The summed E-state index contributed by atoms with van der Waals surface area (Å²) in [6.07, 6.45) is 6.34. The first-order valence-electron chi connectivity index (χ1n) is 9.87. The largest absolute Gasteiger partial charge is 0.341 e. The quantitative estimate of drug-likeness (QED) is 0.404. The molecule has 2 aromatic carbocycles. The van der Waals surface area contributed by atoms with E-state index in [0.717, 1.165) is 50.9 Å². The molecule has 0 aliphatic rings. The van der Waals surface area contributed by atoms with Crippen LogP contribution >= 0.6 is 0 Å². The predicted octanol–water partition coefficient (Wildman–Crippen LogP) is 4.89. The molecule has 7 nitrogen and oxygen atoms in total. The number of aldehydes is 1. The summed E-state index contributed by atoms with van der Waals surface area (Å²) < 4.78 is 1.88. The molecular weight excluding hydrogens is 388 g/mol. The topological polar surface area (TPSA) is 88.5 Å². The number of nitrogens with zero attached hydrogens (tertiary/aromatic N) is 4. The van der Waals surface area contributed by atoms with E-state index in [-0.39, 0.29) is 0 Å². The fraction of sp³-hybridized carbons (Fsp3) is 0.0833. The molecule has 0 bridgehead atoms. The third-order valence-electron chi connectivity index (χ3n) is 5.41. The van der Waals surface area contributed by atoms with Crippen LogP contribution in [0.25, 0.3) is 33.4 Å². The van der Waals surface area contributed by atoms with E-state index >= 15 is 0 Å². The molecule has 0 atom stereocenters. The molecule has 2 N–H and O–H groups in total. The van der Waals surface area contributed by atoms with Gasteiger partial charge in [-0.1, -0.05) is 24.3 Å². The van der Waals surface area contributed by atoms with Gasteiger partial charge < -0.3 is 9.88 Å². The predicted molar refractivity (Wildman–Crippen MR) is 121 cm³/mol. The molecule has 0 aliphatic carbocycles. The molecule has 0 aliphatic heterocycles. The highest BCUT2D eigenvalue weighted by molar-refractivity contribution is 5.91. The average molecular weight is 408 g/mol. The van der Waals surface area contributed by atoms with Gasteiger partial charge in [-0.05, 0) is 36.8 Å². The number of benzene rings is 2. The van der Waals surface area contributed by atoms with E-state index in [9.17, 15) is 4.79 Å². The zero-order valence-electron chi connectivity index (χ0n) is 17.1. The SMILES string of the molecule is Cc1cnc(-c2ccc3cc(C=O)n(C)c3c2)nc1Nc1ccc(-c2cn[nH]c2)cc1. The Labute approximate surface area is 178 Å². The van der Waals surface area contributed by atoms with Crippen molar-refractivity contribution in [2.45, 2.75) is 6.92 Å². The number of fused-ring (bicyclic) bond motifs is 1. The van der Waals surface area contributed by atoms with E-state index in [4.69, 9.17) is 4.98 Å². The highest BCUT2D eigenvalue weighted by atomic mass is 16.1. The van der Waals surface area contributed by atoms with Gasteiger partial charge in [0.05, 0.1) is 11.9 Å². The number of carbonyl (C=O) groups is 1. The Bertz CT molecular complexity index is 1380. The lowest BCUT2D eigenvalue weighted by Gasteiger charge is -2.11. The van der Waals surface area contributed by atoms with Crippen molar-refractivity contribution in [3.63, 3.8) is 0 Å². The summed E-state index contributed by atoms with van der Waals surface area (Å²) >= 11 is 0. The molecule has 3 heterocycles. The first-order chi connectivity index (χ1) is 15.1. The van der Waals surface area contributed by atoms with Gasteiger partial charge in [-0.2, -0.15) is 5.10 Å². The Kier molecular flexibility index (Phi) is 4.55. The summed E-state index contributed by atoms with van der Waals surface area (Å²) in [4.78, 5) is 20.5. The molecule has 0 unspecified atom stereocenters. The number of aromatic nitrogens is 5. The molecular formula is C24H20N6O. The maximum Gasteiger partial charge on any atom is 0.166 e. The number of aryl methyl sites for hydroxylation is 2. The van der Waals surface area contributed by atoms with Gasteiger partial charge in [0.25, 0.3) is 0 Å². The van der Waals surface area contributed by atoms with Crippen molar-refractivity contribution < 1.29 is 4.79 Å². The molecule has 5 aromatic rings. The first-order valence-corrected chi connectivity index (χ1v) is 9.87. The fourth-order valence-corrected chi connectivity index (χ4v) is 3.60. The second-order valence-electron chi connectivity index (χ2n) is 7.43. The van der Waals surface area contributed by atoms with Crippen LogP contribution in [0.2, 0.25) is 0 Å². The van der Waals surface area contributed by atoms with E-state index < -0.39 is 0 Å². The number of nitrogens with one attached hydrogen (secondary N) is 2. The second-order valence-corrected chi connectivity index (χ2v) is 7.43. The third kappa shape index (κ3) is 3.46. The fourth-order valence-electron chi connectivity index (χ4n) is 3.60. The van der Waals surface area contributed by atoms with Crippen LogP contribution in [0.15, 0.2) is 67.1 Å². The molecule has 7 heteroatoms. The van der Waals surface area contributed by atoms with Crippen molar-refractivity contribution >= 4 is 28.7 Å². The Morgan fingerprint density at radius 2 is 1.81 bits per heavy atom. The number of hydrogen-bond donors (Lipinski definition) is 2. The molecule has 31 heavy (non-hydrogen) atoms. The second kappa shape index (κ2) is 7.53. The Morgan fingerprint density at radius 3 is 2.55 bits per heavy atom. The normalized spacial score (nSPS) is 11.0. The summed E-state index contributed by atoms with van der Waals surface area (Å²) in [5.74, 6) is 1.38. The maximum atomic E-state index is 11.2. The van der Waals surface area contributed by atoms with Gasteiger partial charge in [-0.15, -0.1) is 0 Å². The Hall–Kier alpha value is -4.26. The minimum Gasteiger partial charge on any atom is -0.341 e. The van der Waals surface area contributed by atoms with Crippen LogP contribution in [-0.2, 0) is 7.05 Å². The number of rotatable bonds is 5. The number of anilines is 2. The lowest BCUT2D eigenvalue weighted by molar-refractivity contribution is 0.111. The van der Waals surface area contributed by atoms with Crippen LogP contribution in [0.3, 0.4) is 0 Å². The number of hydrogen-bond acceptors (Lipinski definition) is 5. The average Bonchev–Trinajstić information content (AvgIpc) is 3.44. The summed E-state index contributed by atoms with van der Waals surface area (Å²) in [5.41, 5.74) is 6.51. The van der Waals surface area contributed by atoms with Gasteiger partial charge in [-0.3, -0.25) is 9.89 Å². The molecule has 0 saturated carbocycles. The minimum atomic E-state index is 0.624. The maximum absolute atomic E-state index is 11.2. The highest BCUT2D eigenvalue weighted by Gasteiger charge is 2.11. The molecule has 5 rings (SSSR count). The third-order valence-corrected chi connectivity index (χ3v) is 5.41. The van der Waals surface area contributed by atoms with E-state index in [0.29, 0.717) is 11.5 Å². The number of H-pyrrole nitrogens is 1. The van der Waals surface area contributed by atoms with Crippen molar-refractivity contribution in [1.82, 2.24) is 24.7 Å². The number of aromatic amines is 1. The van der Waals surface area contributed by atoms with Crippen LogP contribution in [-0.4, -0.2) is 31.0 Å². The van der Waals surface area contributed by atoms with Gasteiger partial charge in [0.15, 0.2) is 12.1 Å².